The highest BCUT2D eigenvalue weighted by atomic mass is 32.1. The fourth-order valence-electron chi connectivity index (χ4n) is 1.54. The summed E-state index contributed by atoms with van der Waals surface area (Å²) in [6, 6.07) is 6.26. The third-order valence-corrected chi connectivity index (χ3v) is 3.45. The fourth-order valence-corrected chi connectivity index (χ4v) is 2.51. The van der Waals surface area contributed by atoms with Crippen molar-refractivity contribution in [3.8, 4) is 10.4 Å². The number of aromatic nitrogens is 1. The maximum atomic E-state index is 10.6. The van der Waals surface area contributed by atoms with Crippen LogP contribution < -0.4 is 11.5 Å². The van der Waals surface area contributed by atoms with Crippen LogP contribution in [0, 0.1) is 17.0 Å². The lowest BCUT2D eigenvalue weighted by atomic mass is 10.1. The molecule has 8 heteroatoms. The van der Waals surface area contributed by atoms with Gasteiger partial charge in [0, 0.05) is 12.1 Å². The molecule has 19 heavy (non-hydrogen) atoms. The van der Waals surface area contributed by atoms with E-state index in [2.05, 4.69) is 9.98 Å². The summed E-state index contributed by atoms with van der Waals surface area (Å²) >= 11 is 1.33. The number of hydrogen-bond donors (Lipinski definition) is 2. The number of benzene rings is 1. The first-order chi connectivity index (χ1) is 8.97. The van der Waals surface area contributed by atoms with Gasteiger partial charge in [0.1, 0.15) is 0 Å². The van der Waals surface area contributed by atoms with E-state index >= 15 is 0 Å². The van der Waals surface area contributed by atoms with Crippen LogP contribution in [-0.2, 0) is 0 Å². The average Bonchev–Trinajstić information content (AvgIpc) is 2.69. The minimum absolute atomic E-state index is 0.0513. The second-order valence-electron chi connectivity index (χ2n) is 3.75. The number of aryl methyl sites for hydroxylation is 1. The van der Waals surface area contributed by atoms with Crippen molar-refractivity contribution in [1.82, 2.24) is 4.98 Å². The van der Waals surface area contributed by atoms with Crippen LogP contribution in [-0.4, -0.2) is 15.9 Å². The fraction of sp³-hybridized carbons (Fsp3) is 0.0909. The minimum Gasteiger partial charge on any atom is -0.370 e. The monoisotopic (exact) mass is 277 g/mol. The first kappa shape index (κ1) is 13.0. The zero-order valence-corrected chi connectivity index (χ0v) is 10.8. The van der Waals surface area contributed by atoms with E-state index in [0.29, 0.717) is 5.13 Å². The number of nitrogens with two attached hydrogens (primary N) is 2. The summed E-state index contributed by atoms with van der Waals surface area (Å²) in [5, 5.41) is 11.1. The van der Waals surface area contributed by atoms with Gasteiger partial charge >= 0.3 is 0 Å². The van der Waals surface area contributed by atoms with Crippen LogP contribution in [0.4, 0.5) is 10.8 Å². The second kappa shape index (κ2) is 5.02. The van der Waals surface area contributed by atoms with E-state index in [1.165, 1.54) is 23.5 Å². The Morgan fingerprint density at radius 3 is 2.53 bits per heavy atom. The van der Waals surface area contributed by atoms with Gasteiger partial charge < -0.3 is 11.5 Å². The Kier molecular flexibility index (Phi) is 3.43. The number of aliphatic imine (C=N–C) groups is 1. The summed E-state index contributed by atoms with van der Waals surface area (Å²) in [5.41, 5.74) is 12.3. The summed E-state index contributed by atoms with van der Waals surface area (Å²) in [7, 11) is 0. The topological polar surface area (TPSA) is 120 Å². The van der Waals surface area contributed by atoms with Crippen molar-refractivity contribution in [1.29, 1.82) is 0 Å². The van der Waals surface area contributed by atoms with Crippen LogP contribution in [0.3, 0.4) is 0 Å². The van der Waals surface area contributed by atoms with E-state index in [1.807, 2.05) is 6.92 Å². The molecule has 1 aromatic heterocycles. The van der Waals surface area contributed by atoms with E-state index in [4.69, 9.17) is 11.5 Å². The lowest BCUT2D eigenvalue weighted by Gasteiger charge is -1.97. The van der Waals surface area contributed by atoms with E-state index < -0.39 is 4.92 Å². The molecule has 0 spiro atoms. The average molecular weight is 277 g/mol. The molecule has 0 aliphatic carbocycles. The molecule has 0 radical (unpaired) electrons. The van der Waals surface area contributed by atoms with Gasteiger partial charge in [0.05, 0.1) is 15.5 Å². The number of nitrogens with zero attached hydrogens (tertiary/aromatic N) is 3. The summed E-state index contributed by atoms with van der Waals surface area (Å²) in [5.74, 6) is -0.0519. The molecular formula is C11H11N5O2S. The molecule has 0 fully saturated rings. The highest BCUT2D eigenvalue weighted by molar-refractivity contribution is 7.18. The number of rotatable bonds is 3. The summed E-state index contributed by atoms with van der Waals surface area (Å²) in [6.45, 7) is 1.83. The largest absolute Gasteiger partial charge is 0.370 e. The Balaban J connectivity index is 2.39. The zero-order valence-electron chi connectivity index (χ0n) is 10.0. The Hall–Kier alpha value is -2.48. The number of nitro groups is 1. The predicted octanol–water partition coefficient (Wildman–Crippen LogP) is 1.93. The molecule has 1 heterocycles. The number of guanidine groups is 1. The first-order valence-electron chi connectivity index (χ1n) is 5.29. The van der Waals surface area contributed by atoms with Gasteiger partial charge in [0.2, 0.25) is 5.13 Å². The zero-order chi connectivity index (χ0) is 14.0. The van der Waals surface area contributed by atoms with Gasteiger partial charge in [-0.1, -0.05) is 11.3 Å². The maximum absolute atomic E-state index is 10.6. The molecule has 0 saturated heterocycles. The molecule has 0 unspecified atom stereocenters. The first-order valence-corrected chi connectivity index (χ1v) is 6.11. The van der Waals surface area contributed by atoms with E-state index in [1.54, 1.807) is 12.1 Å². The Labute approximate surface area is 112 Å². The van der Waals surface area contributed by atoms with Crippen molar-refractivity contribution in [3.05, 3.63) is 40.1 Å². The predicted molar refractivity (Wildman–Crippen MR) is 74.4 cm³/mol. The molecule has 0 amide bonds. The number of nitro benzene ring substituents is 1. The second-order valence-corrected chi connectivity index (χ2v) is 4.73. The quantitative estimate of drug-likeness (QED) is 0.384. The molecule has 2 aromatic rings. The van der Waals surface area contributed by atoms with E-state index in [-0.39, 0.29) is 11.6 Å². The van der Waals surface area contributed by atoms with Crippen LogP contribution in [0.1, 0.15) is 5.69 Å². The van der Waals surface area contributed by atoms with Crippen molar-refractivity contribution in [2.45, 2.75) is 6.92 Å². The molecule has 4 N–H and O–H groups in total. The number of non-ortho nitro benzene ring substituents is 1. The molecule has 0 aliphatic rings. The van der Waals surface area contributed by atoms with Crippen LogP contribution in [0.5, 0.6) is 0 Å². The smallest absolute Gasteiger partial charge is 0.269 e. The normalized spacial score (nSPS) is 10.2. The van der Waals surface area contributed by atoms with Crippen molar-refractivity contribution >= 4 is 28.1 Å². The Bertz CT molecular complexity index is 644. The SMILES string of the molecule is Cc1nc(N=C(N)N)sc1-c1ccc([N+](=O)[O-])cc1. The van der Waals surface area contributed by atoms with Crippen LogP contribution in [0.2, 0.25) is 0 Å². The van der Waals surface area contributed by atoms with Gasteiger partial charge in [-0.25, -0.2) is 4.98 Å². The van der Waals surface area contributed by atoms with Crippen LogP contribution in [0.15, 0.2) is 29.3 Å². The Morgan fingerprint density at radius 1 is 1.37 bits per heavy atom. The van der Waals surface area contributed by atoms with Crippen LogP contribution in [0.25, 0.3) is 10.4 Å². The third-order valence-electron chi connectivity index (χ3n) is 2.35. The minimum atomic E-state index is -0.436. The molecule has 0 bridgehead atoms. The maximum Gasteiger partial charge on any atom is 0.269 e. The summed E-state index contributed by atoms with van der Waals surface area (Å²) < 4.78 is 0. The van der Waals surface area contributed by atoms with Gasteiger partial charge in [-0.05, 0) is 24.6 Å². The van der Waals surface area contributed by atoms with Gasteiger partial charge in [-0.2, -0.15) is 4.99 Å². The van der Waals surface area contributed by atoms with Crippen molar-refractivity contribution in [3.63, 3.8) is 0 Å². The number of thiazole rings is 1. The van der Waals surface area contributed by atoms with E-state index in [0.717, 1.165) is 16.1 Å². The molecule has 0 atom stereocenters. The molecule has 2 rings (SSSR count). The highest BCUT2D eigenvalue weighted by Gasteiger charge is 2.11. The highest BCUT2D eigenvalue weighted by Crippen LogP contribution is 2.34. The molecule has 0 saturated carbocycles. The number of hydrogen-bond acceptors (Lipinski definition) is 5. The lowest BCUT2D eigenvalue weighted by Crippen LogP contribution is -2.21. The molecule has 7 nitrogen and oxygen atoms in total. The van der Waals surface area contributed by atoms with Gasteiger partial charge in [0.15, 0.2) is 5.96 Å². The molecular weight excluding hydrogens is 266 g/mol. The van der Waals surface area contributed by atoms with Crippen LogP contribution >= 0.6 is 11.3 Å². The van der Waals surface area contributed by atoms with Gasteiger partial charge in [-0.15, -0.1) is 0 Å². The molecule has 98 valence electrons. The van der Waals surface area contributed by atoms with Gasteiger partial charge in [-0.3, -0.25) is 10.1 Å². The lowest BCUT2D eigenvalue weighted by molar-refractivity contribution is -0.384. The van der Waals surface area contributed by atoms with Crippen molar-refractivity contribution in [2.75, 3.05) is 0 Å². The standard InChI is InChI=1S/C11H11N5O2S/c1-6-9(19-11(14-6)15-10(12)13)7-2-4-8(5-3-7)16(17)18/h2-5H,1H3,(H4,12,13,14,15). The van der Waals surface area contributed by atoms with Crippen molar-refractivity contribution < 1.29 is 4.92 Å². The van der Waals surface area contributed by atoms with Gasteiger partial charge in [0.25, 0.3) is 5.69 Å². The Morgan fingerprint density at radius 2 is 2.00 bits per heavy atom. The molecule has 0 aliphatic heterocycles. The summed E-state index contributed by atoms with van der Waals surface area (Å²) in [4.78, 5) is 19.1. The van der Waals surface area contributed by atoms with E-state index in [9.17, 15) is 10.1 Å². The summed E-state index contributed by atoms with van der Waals surface area (Å²) in [6.07, 6.45) is 0. The third kappa shape index (κ3) is 2.86. The molecule has 1 aromatic carbocycles. The van der Waals surface area contributed by atoms with Crippen molar-refractivity contribution in [2.24, 2.45) is 16.5 Å².